The van der Waals surface area contributed by atoms with Crippen LogP contribution in [-0.2, 0) is 33.4 Å². The van der Waals surface area contributed by atoms with Crippen LogP contribution in [0.3, 0.4) is 0 Å². The summed E-state index contributed by atoms with van der Waals surface area (Å²) in [5, 5.41) is 45.5. The number of carboxylic acid groups (broad SMARTS) is 1. The zero-order valence-corrected chi connectivity index (χ0v) is 19.0. The van der Waals surface area contributed by atoms with Gasteiger partial charge in [-0.1, -0.05) is 0 Å². The van der Waals surface area contributed by atoms with Crippen LogP contribution >= 0.6 is 0 Å². The smallest absolute Gasteiger partial charge is 0.303 e. The molecule has 0 radical (unpaired) electrons. The second-order valence-electron chi connectivity index (χ2n) is 7.83. The topological polar surface area (TPSA) is 247 Å². The maximum absolute atomic E-state index is 12.5. The lowest BCUT2D eigenvalue weighted by atomic mass is 9.96. The first-order chi connectivity index (χ1) is 15.8. The van der Waals surface area contributed by atoms with Crippen molar-refractivity contribution in [1.29, 1.82) is 0 Å². The van der Waals surface area contributed by atoms with Crippen LogP contribution in [0, 0.1) is 0 Å². The number of hydrogen-bond acceptors (Lipinski definition) is 10. The molecule has 1 aliphatic rings. The van der Waals surface area contributed by atoms with Crippen LogP contribution in [0.2, 0.25) is 0 Å². The standard InChI is InChI=1S/C19H32N4O11/c1-7(17(30)23-10(16(20)29)4-5-12(26)27)21-18(31)8(2)33-15-13(22-9(3)25)19(32)34-11(6-24)14(15)28/h7-8,10-11,13-15,19,24,28,32H,4-6H2,1-3H3,(H2,20,29)(H,21,31)(H,22,25)(H,23,30)(H,26,27)/t7-,8+,10+,11?,13?,14+,15?,19+/m0/s1. The molecule has 1 rings (SSSR count). The minimum Gasteiger partial charge on any atom is -0.481 e. The van der Waals surface area contributed by atoms with E-state index in [0.717, 1.165) is 6.92 Å². The van der Waals surface area contributed by atoms with Gasteiger partial charge in [0.1, 0.15) is 42.5 Å². The summed E-state index contributed by atoms with van der Waals surface area (Å²) < 4.78 is 10.6. The lowest BCUT2D eigenvalue weighted by Gasteiger charge is -2.43. The Hall–Kier alpha value is -2.85. The predicted octanol–water partition coefficient (Wildman–Crippen LogP) is -4.33. The van der Waals surface area contributed by atoms with Gasteiger partial charge in [0, 0.05) is 13.3 Å². The highest BCUT2D eigenvalue weighted by molar-refractivity contribution is 5.92. The summed E-state index contributed by atoms with van der Waals surface area (Å²) in [4.78, 5) is 58.4. The van der Waals surface area contributed by atoms with E-state index in [-0.39, 0.29) is 6.42 Å². The summed E-state index contributed by atoms with van der Waals surface area (Å²) in [5.41, 5.74) is 5.16. The first kappa shape index (κ1) is 29.2. The fourth-order valence-electron chi connectivity index (χ4n) is 3.18. The first-order valence-electron chi connectivity index (χ1n) is 10.4. The molecule has 0 spiro atoms. The second kappa shape index (κ2) is 13.1. The van der Waals surface area contributed by atoms with Crippen LogP contribution in [0.1, 0.15) is 33.6 Å². The lowest BCUT2D eigenvalue weighted by Crippen LogP contribution is -2.65. The minimum atomic E-state index is -1.65. The van der Waals surface area contributed by atoms with Gasteiger partial charge in [-0.15, -0.1) is 0 Å². The fraction of sp³-hybridized carbons (Fsp3) is 0.737. The van der Waals surface area contributed by atoms with Crippen molar-refractivity contribution in [3.05, 3.63) is 0 Å². The van der Waals surface area contributed by atoms with E-state index in [1.165, 1.54) is 13.8 Å². The maximum Gasteiger partial charge on any atom is 0.303 e. The molecule has 0 bridgehead atoms. The Balaban J connectivity index is 2.80. The molecule has 1 aliphatic heterocycles. The van der Waals surface area contributed by atoms with Gasteiger partial charge in [0.25, 0.3) is 0 Å². The van der Waals surface area contributed by atoms with E-state index in [1.54, 1.807) is 0 Å². The van der Waals surface area contributed by atoms with Crippen molar-refractivity contribution in [2.45, 2.75) is 82.4 Å². The molecule has 0 aliphatic carbocycles. The number of aliphatic hydroxyl groups excluding tert-OH is 3. The van der Waals surface area contributed by atoms with E-state index in [0.29, 0.717) is 0 Å². The highest BCUT2D eigenvalue weighted by atomic mass is 16.6. The van der Waals surface area contributed by atoms with E-state index in [2.05, 4.69) is 16.0 Å². The van der Waals surface area contributed by atoms with Crippen LogP contribution in [-0.4, -0.2) is 105 Å². The Labute approximate surface area is 195 Å². The number of rotatable bonds is 12. The number of ether oxygens (including phenoxy) is 2. The molecular weight excluding hydrogens is 460 g/mol. The van der Waals surface area contributed by atoms with Gasteiger partial charge in [-0.05, 0) is 20.3 Å². The van der Waals surface area contributed by atoms with Gasteiger partial charge in [-0.25, -0.2) is 0 Å². The molecule has 15 nitrogen and oxygen atoms in total. The van der Waals surface area contributed by atoms with E-state index < -0.39 is 91.5 Å². The highest BCUT2D eigenvalue weighted by Crippen LogP contribution is 2.23. The average Bonchev–Trinajstić information content (AvgIpc) is 2.74. The number of aliphatic carboxylic acids is 1. The molecular formula is C19H32N4O11. The van der Waals surface area contributed by atoms with Gasteiger partial charge >= 0.3 is 5.97 Å². The summed E-state index contributed by atoms with van der Waals surface area (Å²) in [6.07, 6.45) is -7.74. The number of carbonyl (C=O) groups is 5. The third-order valence-corrected chi connectivity index (χ3v) is 5.03. The number of carbonyl (C=O) groups excluding carboxylic acids is 4. The van der Waals surface area contributed by atoms with E-state index in [4.69, 9.17) is 20.3 Å². The molecule has 1 heterocycles. The van der Waals surface area contributed by atoms with Crippen LogP contribution in [0.4, 0.5) is 0 Å². The third kappa shape index (κ3) is 8.49. The minimum absolute atomic E-state index is 0.239. The Kier molecular flexibility index (Phi) is 11.3. The normalized spacial score (nSPS) is 27.1. The molecule has 9 N–H and O–H groups in total. The Morgan fingerprint density at radius 1 is 1.09 bits per heavy atom. The molecule has 194 valence electrons. The second-order valence-corrected chi connectivity index (χ2v) is 7.83. The number of amides is 4. The Morgan fingerprint density at radius 2 is 1.71 bits per heavy atom. The lowest BCUT2D eigenvalue weighted by molar-refractivity contribution is -0.266. The first-order valence-corrected chi connectivity index (χ1v) is 10.4. The van der Waals surface area contributed by atoms with Crippen LogP contribution in [0.5, 0.6) is 0 Å². The zero-order chi connectivity index (χ0) is 26.2. The van der Waals surface area contributed by atoms with Crippen molar-refractivity contribution in [1.82, 2.24) is 16.0 Å². The van der Waals surface area contributed by atoms with Crippen LogP contribution in [0.25, 0.3) is 0 Å². The number of primary amides is 1. The number of nitrogens with one attached hydrogen (secondary N) is 3. The van der Waals surface area contributed by atoms with Gasteiger partial charge in [0.05, 0.1) is 6.61 Å². The van der Waals surface area contributed by atoms with Gasteiger partial charge < -0.3 is 51.6 Å². The summed E-state index contributed by atoms with van der Waals surface area (Å²) in [7, 11) is 0. The van der Waals surface area contributed by atoms with Gasteiger partial charge in [-0.3, -0.25) is 24.0 Å². The average molecular weight is 492 g/mol. The molecule has 0 aromatic carbocycles. The molecule has 0 aromatic rings. The molecule has 15 heteroatoms. The van der Waals surface area contributed by atoms with Crippen molar-refractivity contribution >= 4 is 29.6 Å². The third-order valence-electron chi connectivity index (χ3n) is 5.03. The van der Waals surface area contributed by atoms with Crippen molar-refractivity contribution in [2.24, 2.45) is 5.73 Å². The summed E-state index contributed by atoms with van der Waals surface area (Å²) in [6, 6.07) is -3.71. The molecule has 8 atom stereocenters. The highest BCUT2D eigenvalue weighted by Gasteiger charge is 2.47. The molecule has 0 saturated carbocycles. The molecule has 0 aromatic heterocycles. The number of carboxylic acids is 1. The van der Waals surface area contributed by atoms with Crippen LogP contribution in [0.15, 0.2) is 0 Å². The van der Waals surface area contributed by atoms with Gasteiger partial charge in [0.15, 0.2) is 6.29 Å². The van der Waals surface area contributed by atoms with E-state index in [9.17, 15) is 39.3 Å². The maximum atomic E-state index is 12.5. The molecule has 4 amide bonds. The predicted molar refractivity (Wildman–Crippen MR) is 112 cm³/mol. The van der Waals surface area contributed by atoms with Crippen LogP contribution < -0.4 is 21.7 Å². The largest absolute Gasteiger partial charge is 0.481 e. The summed E-state index contributed by atoms with van der Waals surface area (Å²) in [5.74, 6) is -4.34. The SMILES string of the molecule is CC(=O)NC1C(O[C@H](C)C(=O)N[C@@H](C)C(=O)N[C@H](CCC(=O)O)C(N)=O)[C@H](O)C(CO)O[C@H]1O. The van der Waals surface area contributed by atoms with E-state index in [1.807, 2.05) is 0 Å². The Morgan fingerprint density at radius 3 is 2.21 bits per heavy atom. The Bertz CT molecular complexity index is 765. The van der Waals surface area contributed by atoms with Crippen molar-refractivity contribution in [3.8, 4) is 0 Å². The molecule has 3 unspecified atom stereocenters. The quantitative estimate of drug-likeness (QED) is 0.129. The number of nitrogens with two attached hydrogens (primary N) is 1. The zero-order valence-electron chi connectivity index (χ0n) is 19.0. The molecule has 1 fully saturated rings. The monoisotopic (exact) mass is 492 g/mol. The van der Waals surface area contributed by atoms with Gasteiger partial charge in [-0.2, -0.15) is 0 Å². The summed E-state index contributed by atoms with van der Waals surface area (Å²) >= 11 is 0. The number of aliphatic hydroxyl groups is 3. The van der Waals surface area contributed by atoms with Crippen molar-refractivity contribution in [3.63, 3.8) is 0 Å². The van der Waals surface area contributed by atoms with Crippen molar-refractivity contribution in [2.75, 3.05) is 6.61 Å². The summed E-state index contributed by atoms with van der Waals surface area (Å²) in [6.45, 7) is 3.06. The van der Waals surface area contributed by atoms with Gasteiger partial charge in [0.2, 0.25) is 23.6 Å². The fourth-order valence-corrected chi connectivity index (χ4v) is 3.18. The van der Waals surface area contributed by atoms with E-state index >= 15 is 0 Å². The number of hydrogen-bond donors (Lipinski definition) is 8. The van der Waals surface area contributed by atoms with Crippen molar-refractivity contribution < 1.29 is 53.9 Å². The molecule has 1 saturated heterocycles. The molecule has 34 heavy (non-hydrogen) atoms.